The van der Waals surface area contributed by atoms with Crippen LogP contribution in [0.1, 0.15) is 71.1 Å². The Hall–Kier alpha value is -0.570. The Morgan fingerprint density at radius 1 is 0.750 bits per heavy atom. The highest BCUT2D eigenvalue weighted by atomic mass is 16.7. The summed E-state index contributed by atoms with van der Waals surface area (Å²) in [5.41, 5.74) is -0.237. The van der Waals surface area contributed by atoms with Gasteiger partial charge >= 0.3 is 5.97 Å². The topological polar surface area (TPSA) is 35.5 Å². The maximum absolute atomic E-state index is 13.5. The summed E-state index contributed by atoms with van der Waals surface area (Å²) in [5, 5.41) is 0. The lowest BCUT2D eigenvalue weighted by molar-refractivity contribution is -0.202. The SMILES string of the molecule is CC1(C(=O)OC2CCCCO2)CC2CC1C1C3CC(C21)C1C2CC(C4C5CCC(C5)C24)C31. The molecule has 1 heterocycles. The third-order valence-corrected chi connectivity index (χ3v) is 13.9. The maximum atomic E-state index is 13.5. The molecule has 0 N–H and O–H groups in total. The van der Waals surface area contributed by atoms with Crippen molar-refractivity contribution in [1.82, 2.24) is 0 Å². The van der Waals surface area contributed by atoms with Gasteiger partial charge in [0.05, 0.1) is 12.0 Å². The molecule has 9 fully saturated rings. The van der Waals surface area contributed by atoms with Gasteiger partial charge < -0.3 is 9.47 Å². The molecule has 0 amide bonds. The summed E-state index contributed by atoms with van der Waals surface area (Å²) >= 11 is 0. The molecule has 32 heavy (non-hydrogen) atoms. The minimum absolute atomic E-state index is 0.0933. The molecule has 0 aromatic carbocycles. The molecule has 9 rings (SSSR count). The molecule has 0 aromatic rings. The first-order chi connectivity index (χ1) is 15.6. The normalized spacial score (nSPS) is 66.6. The summed E-state index contributed by atoms with van der Waals surface area (Å²) in [5.74, 6) is 14.1. The molecule has 1 aliphatic heterocycles. The van der Waals surface area contributed by atoms with Crippen LogP contribution in [0.25, 0.3) is 0 Å². The van der Waals surface area contributed by atoms with Crippen molar-refractivity contribution in [2.75, 3.05) is 6.61 Å². The van der Waals surface area contributed by atoms with Gasteiger partial charge in [-0.2, -0.15) is 0 Å². The molecule has 174 valence electrons. The van der Waals surface area contributed by atoms with Crippen molar-refractivity contribution in [1.29, 1.82) is 0 Å². The Bertz CT molecular complexity index is 862. The van der Waals surface area contributed by atoms with E-state index in [4.69, 9.17) is 9.47 Å². The Morgan fingerprint density at radius 3 is 2.06 bits per heavy atom. The van der Waals surface area contributed by atoms with Gasteiger partial charge in [0.25, 0.3) is 0 Å². The summed E-state index contributed by atoms with van der Waals surface area (Å²) in [6.07, 6.45) is 13.2. The van der Waals surface area contributed by atoms with E-state index < -0.39 is 0 Å². The molecule has 3 nitrogen and oxygen atoms in total. The Kier molecular flexibility index (Phi) is 3.49. The first-order valence-corrected chi connectivity index (χ1v) is 14.5. The molecule has 0 aromatic heterocycles. The Labute approximate surface area is 192 Å². The molecule has 16 unspecified atom stereocenters. The number of ether oxygens (including phenoxy) is 2. The molecule has 0 radical (unpaired) electrons. The zero-order valence-corrected chi connectivity index (χ0v) is 19.7. The summed E-state index contributed by atoms with van der Waals surface area (Å²) < 4.78 is 11.8. The number of esters is 1. The summed E-state index contributed by atoms with van der Waals surface area (Å²) in [6.45, 7) is 3.04. The smallest absolute Gasteiger partial charge is 0.314 e. The second kappa shape index (κ2) is 5.97. The van der Waals surface area contributed by atoms with Crippen LogP contribution in [0.15, 0.2) is 0 Å². The average Bonchev–Trinajstić information content (AvgIpc) is 3.62. The van der Waals surface area contributed by atoms with E-state index in [9.17, 15) is 4.79 Å². The summed E-state index contributed by atoms with van der Waals surface area (Å²) in [4.78, 5) is 13.5. The molecule has 0 spiro atoms. The quantitative estimate of drug-likeness (QED) is 0.422. The standard InChI is InChI=1S/C29H40O3/c1-29(28(30)32-21-4-2-3-7-31-21)12-15-9-20(29)27-19-11-18(24(15)27)25-16-10-17(26(19)25)23-14-6-5-13(8-14)22(16)23/h13-27H,2-12H2,1H3. The third kappa shape index (κ3) is 1.99. The van der Waals surface area contributed by atoms with E-state index in [0.29, 0.717) is 5.92 Å². The monoisotopic (exact) mass is 436 g/mol. The van der Waals surface area contributed by atoms with Gasteiger partial charge in [-0.3, -0.25) is 4.79 Å². The highest BCUT2D eigenvalue weighted by Gasteiger charge is 2.77. The van der Waals surface area contributed by atoms with Crippen molar-refractivity contribution >= 4 is 5.97 Å². The van der Waals surface area contributed by atoms with Gasteiger partial charge in [-0.1, -0.05) is 0 Å². The molecule has 8 saturated carbocycles. The minimum Gasteiger partial charge on any atom is -0.435 e. The number of carbonyl (C=O) groups is 1. The van der Waals surface area contributed by atoms with Gasteiger partial charge in [0, 0.05) is 6.42 Å². The molecule has 8 aliphatic carbocycles. The molecular weight excluding hydrogens is 396 g/mol. The van der Waals surface area contributed by atoms with Crippen molar-refractivity contribution in [2.45, 2.75) is 77.4 Å². The number of fused-ring (bicyclic) bond motifs is 23. The van der Waals surface area contributed by atoms with Crippen molar-refractivity contribution < 1.29 is 14.3 Å². The predicted molar refractivity (Wildman–Crippen MR) is 119 cm³/mol. The second-order valence-electron chi connectivity index (χ2n) is 14.3. The van der Waals surface area contributed by atoms with Crippen LogP contribution in [0.3, 0.4) is 0 Å². The number of rotatable bonds is 2. The number of hydrogen-bond donors (Lipinski definition) is 0. The highest BCUT2D eigenvalue weighted by Crippen LogP contribution is 2.82. The first kappa shape index (κ1) is 18.7. The van der Waals surface area contributed by atoms with E-state index >= 15 is 0 Å². The molecule has 9 aliphatic rings. The second-order valence-corrected chi connectivity index (χ2v) is 14.3. The van der Waals surface area contributed by atoms with Gasteiger partial charge in [-0.15, -0.1) is 0 Å². The average molecular weight is 437 g/mol. The van der Waals surface area contributed by atoms with Gasteiger partial charge in [0.15, 0.2) is 0 Å². The fourth-order valence-corrected chi connectivity index (χ4v) is 13.7. The lowest BCUT2D eigenvalue weighted by Gasteiger charge is -2.52. The lowest BCUT2D eigenvalue weighted by Crippen LogP contribution is -2.50. The predicted octanol–water partition coefficient (Wildman–Crippen LogP) is 5.53. The van der Waals surface area contributed by atoms with E-state index in [1.165, 1.54) is 12.8 Å². The number of carbonyl (C=O) groups excluding carboxylic acids is 1. The third-order valence-electron chi connectivity index (χ3n) is 13.9. The van der Waals surface area contributed by atoms with Crippen LogP contribution >= 0.6 is 0 Å². The lowest BCUT2D eigenvalue weighted by atomic mass is 9.52. The molecule has 3 heteroatoms. The molecule has 16 atom stereocenters. The molecule has 1 saturated heterocycles. The summed E-state index contributed by atoms with van der Waals surface area (Å²) in [7, 11) is 0. The van der Waals surface area contributed by atoms with E-state index in [1.54, 1.807) is 25.7 Å². The highest BCUT2D eigenvalue weighted by molar-refractivity contribution is 5.78. The maximum Gasteiger partial charge on any atom is 0.314 e. The fraction of sp³-hybridized carbons (Fsp3) is 0.966. The van der Waals surface area contributed by atoms with E-state index in [2.05, 4.69) is 6.92 Å². The van der Waals surface area contributed by atoms with E-state index in [-0.39, 0.29) is 17.7 Å². The van der Waals surface area contributed by atoms with Crippen molar-refractivity contribution in [2.24, 2.45) is 88.3 Å². The van der Waals surface area contributed by atoms with Crippen molar-refractivity contribution in [3.05, 3.63) is 0 Å². The zero-order chi connectivity index (χ0) is 20.9. The Balaban J connectivity index is 1.01. The van der Waals surface area contributed by atoms with Gasteiger partial charge in [0.1, 0.15) is 0 Å². The van der Waals surface area contributed by atoms with Gasteiger partial charge in [0.2, 0.25) is 6.29 Å². The number of hydrogen-bond acceptors (Lipinski definition) is 3. The van der Waals surface area contributed by atoms with Crippen LogP contribution < -0.4 is 0 Å². The van der Waals surface area contributed by atoms with E-state index in [0.717, 1.165) is 109 Å². The Morgan fingerprint density at radius 2 is 1.41 bits per heavy atom. The minimum atomic E-state index is -0.271. The van der Waals surface area contributed by atoms with Crippen LogP contribution in [0.4, 0.5) is 0 Å². The van der Waals surface area contributed by atoms with Crippen LogP contribution in [-0.2, 0) is 14.3 Å². The summed E-state index contributed by atoms with van der Waals surface area (Å²) in [6, 6.07) is 0. The van der Waals surface area contributed by atoms with Gasteiger partial charge in [-0.05, 0) is 148 Å². The van der Waals surface area contributed by atoms with Gasteiger partial charge in [-0.25, -0.2) is 0 Å². The van der Waals surface area contributed by atoms with Crippen LogP contribution in [0.5, 0.6) is 0 Å². The largest absolute Gasteiger partial charge is 0.435 e. The van der Waals surface area contributed by atoms with Crippen molar-refractivity contribution in [3.63, 3.8) is 0 Å². The van der Waals surface area contributed by atoms with Crippen LogP contribution in [0, 0.1) is 88.3 Å². The van der Waals surface area contributed by atoms with Crippen LogP contribution in [0.2, 0.25) is 0 Å². The fourth-order valence-electron chi connectivity index (χ4n) is 13.7. The zero-order valence-electron chi connectivity index (χ0n) is 19.7. The van der Waals surface area contributed by atoms with Crippen LogP contribution in [-0.4, -0.2) is 18.9 Å². The van der Waals surface area contributed by atoms with E-state index in [1.807, 2.05) is 0 Å². The molecular formula is C29H40O3. The first-order valence-electron chi connectivity index (χ1n) is 14.5. The molecule has 8 bridgehead atoms. The van der Waals surface area contributed by atoms with Crippen molar-refractivity contribution in [3.8, 4) is 0 Å².